The zero-order valence-electron chi connectivity index (χ0n) is 17.3. The predicted molar refractivity (Wildman–Crippen MR) is 117 cm³/mol. The van der Waals surface area contributed by atoms with Crippen LogP contribution in [0.25, 0.3) is 11.4 Å². The van der Waals surface area contributed by atoms with Crippen LogP contribution in [0.3, 0.4) is 0 Å². The highest BCUT2D eigenvalue weighted by molar-refractivity contribution is 6.16. The lowest BCUT2D eigenvalue weighted by Gasteiger charge is -2.11. The van der Waals surface area contributed by atoms with Crippen molar-refractivity contribution in [2.45, 2.75) is 6.54 Å². The van der Waals surface area contributed by atoms with Crippen molar-refractivity contribution in [1.29, 1.82) is 0 Å². The minimum Gasteiger partial charge on any atom is -0.478 e. The van der Waals surface area contributed by atoms with Crippen LogP contribution in [0.5, 0.6) is 0 Å². The van der Waals surface area contributed by atoms with E-state index in [0.29, 0.717) is 28.2 Å². The highest BCUT2D eigenvalue weighted by Gasteiger charge is 2.27. The Kier molecular flexibility index (Phi) is 4.89. The van der Waals surface area contributed by atoms with E-state index in [0.717, 1.165) is 0 Å². The van der Waals surface area contributed by atoms with E-state index >= 15 is 0 Å². The largest absolute Gasteiger partial charge is 0.478 e. The molecule has 8 nitrogen and oxygen atoms in total. The van der Waals surface area contributed by atoms with Gasteiger partial charge in [0.15, 0.2) is 0 Å². The number of fused-ring (bicyclic) bond motifs is 3. The van der Waals surface area contributed by atoms with Crippen molar-refractivity contribution >= 4 is 23.3 Å². The van der Waals surface area contributed by atoms with Crippen molar-refractivity contribution in [3.05, 3.63) is 88.7 Å². The molecule has 33 heavy (non-hydrogen) atoms. The standard InChI is InChI=1S/C23H16F2N6O2/c1-31-21-15(11-28-31)20(18-16(24)3-2-4-17(18)25)26-9-13-10-27-23(30-19(13)21)29-14-7-5-12(6-8-14)22(32)33/h2-8,10-11H,9H2,1H3,(H,32,33)(H,27,29,30). The van der Waals surface area contributed by atoms with Crippen molar-refractivity contribution in [3.8, 4) is 11.4 Å². The third kappa shape index (κ3) is 3.61. The molecule has 0 aliphatic carbocycles. The molecule has 2 N–H and O–H groups in total. The summed E-state index contributed by atoms with van der Waals surface area (Å²) in [5, 5.41) is 16.4. The number of carbonyl (C=O) groups is 1. The van der Waals surface area contributed by atoms with Crippen LogP contribution in [0.15, 0.2) is 59.9 Å². The summed E-state index contributed by atoms with van der Waals surface area (Å²) in [6, 6.07) is 9.83. The molecular formula is C23H16F2N6O2. The van der Waals surface area contributed by atoms with Crippen LogP contribution in [0.1, 0.15) is 27.0 Å². The number of nitrogens with zero attached hydrogens (tertiary/aromatic N) is 5. The number of halogens is 2. The minimum atomic E-state index is -1.02. The summed E-state index contributed by atoms with van der Waals surface area (Å²) in [5.74, 6) is -2.18. The van der Waals surface area contributed by atoms with Crippen LogP contribution < -0.4 is 5.32 Å². The van der Waals surface area contributed by atoms with Gasteiger partial charge in [0, 0.05) is 30.1 Å². The molecule has 0 unspecified atom stereocenters. The molecule has 0 atom stereocenters. The Hall–Kier alpha value is -4.47. The van der Waals surface area contributed by atoms with E-state index in [-0.39, 0.29) is 29.3 Å². The summed E-state index contributed by atoms with van der Waals surface area (Å²) >= 11 is 0. The van der Waals surface area contributed by atoms with Gasteiger partial charge in [0.05, 0.1) is 41.0 Å². The zero-order chi connectivity index (χ0) is 23.1. The number of aliphatic imine (C=N–C) groups is 1. The summed E-state index contributed by atoms with van der Waals surface area (Å²) in [5.41, 5.74) is 2.90. The molecule has 164 valence electrons. The number of benzene rings is 2. The number of anilines is 2. The van der Waals surface area contributed by atoms with Crippen LogP contribution in [-0.4, -0.2) is 36.5 Å². The van der Waals surface area contributed by atoms with E-state index in [2.05, 4.69) is 25.4 Å². The molecule has 1 aliphatic heterocycles. The van der Waals surface area contributed by atoms with Gasteiger partial charge < -0.3 is 10.4 Å². The molecule has 0 fully saturated rings. The van der Waals surface area contributed by atoms with Crippen molar-refractivity contribution in [1.82, 2.24) is 19.7 Å². The average molecular weight is 446 g/mol. The number of carboxylic acids is 1. The monoisotopic (exact) mass is 446 g/mol. The Balaban J connectivity index is 1.57. The van der Waals surface area contributed by atoms with E-state index in [1.165, 1.54) is 36.5 Å². The number of carboxylic acid groups (broad SMARTS) is 1. The van der Waals surface area contributed by atoms with Crippen LogP contribution in [0.4, 0.5) is 20.4 Å². The van der Waals surface area contributed by atoms with Gasteiger partial charge in [-0.05, 0) is 36.4 Å². The first-order valence-electron chi connectivity index (χ1n) is 9.90. The first-order chi connectivity index (χ1) is 15.9. The first-order valence-corrected chi connectivity index (χ1v) is 9.90. The van der Waals surface area contributed by atoms with Crippen molar-refractivity contribution in [2.24, 2.45) is 12.0 Å². The molecule has 0 bridgehead atoms. The number of aryl methyl sites for hydroxylation is 1. The van der Waals surface area contributed by atoms with Gasteiger partial charge >= 0.3 is 5.97 Å². The van der Waals surface area contributed by atoms with E-state index in [1.54, 1.807) is 30.1 Å². The van der Waals surface area contributed by atoms with E-state index < -0.39 is 17.6 Å². The second kappa shape index (κ2) is 7.90. The van der Waals surface area contributed by atoms with Crippen molar-refractivity contribution in [3.63, 3.8) is 0 Å². The molecule has 0 saturated heterocycles. The fourth-order valence-corrected chi connectivity index (χ4v) is 3.69. The summed E-state index contributed by atoms with van der Waals surface area (Å²) in [6.07, 6.45) is 3.10. The normalized spacial score (nSPS) is 12.4. The van der Waals surface area contributed by atoms with Gasteiger partial charge in [0.25, 0.3) is 0 Å². The molecule has 10 heteroatoms. The molecule has 0 radical (unpaired) electrons. The third-order valence-electron chi connectivity index (χ3n) is 5.28. The second-order valence-corrected chi connectivity index (χ2v) is 7.37. The summed E-state index contributed by atoms with van der Waals surface area (Å²) < 4.78 is 30.7. The molecule has 3 heterocycles. The molecule has 5 rings (SSSR count). The molecule has 0 spiro atoms. The summed E-state index contributed by atoms with van der Waals surface area (Å²) in [6.45, 7) is 0.126. The third-order valence-corrected chi connectivity index (χ3v) is 5.28. The van der Waals surface area contributed by atoms with Gasteiger partial charge in [0.2, 0.25) is 5.95 Å². The van der Waals surface area contributed by atoms with E-state index in [1.807, 2.05) is 0 Å². The predicted octanol–water partition coefficient (Wildman–Crippen LogP) is 3.95. The second-order valence-electron chi connectivity index (χ2n) is 7.37. The minimum absolute atomic E-state index is 0.126. The quantitative estimate of drug-likeness (QED) is 0.492. The topological polar surface area (TPSA) is 105 Å². The zero-order valence-corrected chi connectivity index (χ0v) is 17.3. The number of aromatic nitrogens is 4. The van der Waals surface area contributed by atoms with Crippen LogP contribution >= 0.6 is 0 Å². The van der Waals surface area contributed by atoms with Gasteiger partial charge in [-0.25, -0.2) is 23.5 Å². The number of hydrogen-bond acceptors (Lipinski definition) is 6. The fourth-order valence-electron chi connectivity index (χ4n) is 3.69. The van der Waals surface area contributed by atoms with E-state index in [9.17, 15) is 13.6 Å². The molecule has 0 saturated carbocycles. The Morgan fingerprint density at radius 3 is 2.52 bits per heavy atom. The van der Waals surface area contributed by atoms with Crippen LogP contribution in [0.2, 0.25) is 0 Å². The molecular weight excluding hydrogens is 430 g/mol. The highest BCUT2D eigenvalue weighted by Crippen LogP contribution is 2.32. The Labute approximate surface area is 186 Å². The van der Waals surface area contributed by atoms with Gasteiger partial charge in [-0.15, -0.1) is 0 Å². The molecule has 2 aromatic carbocycles. The Bertz CT molecular complexity index is 1410. The highest BCUT2D eigenvalue weighted by atomic mass is 19.1. The van der Waals surface area contributed by atoms with E-state index in [4.69, 9.17) is 5.11 Å². The molecule has 1 aliphatic rings. The first kappa shape index (κ1) is 20.4. The maximum absolute atomic E-state index is 14.6. The SMILES string of the molecule is Cn1ncc2c1-c1nc(Nc3ccc(C(=O)O)cc3)ncc1CN=C2c1c(F)cccc1F. The van der Waals surface area contributed by atoms with Crippen LogP contribution in [0, 0.1) is 11.6 Å². The summed E-state index contributed by atoms with van der Waals surface area (Å²) in [7, 11) is 1.71. The van der Waals surface area contributed by atoms with Gasteiger partial charge in [0.1, 0.15) is 11.6 Å². The van der Waals surface area contributed by atoms with Gasteiger partial charge in [-0.1, -0.05) is 6.07 Å². The van der Waals surface area contributed by atoms with Gasteiger partial charge in [-0.2, -0.15) is 5.10 Å². The maximum atomic E-state index is 14.6. The summed E-state index contributed by atoms with van der Waals surface area (Å²) in [4.78, 5) is 24.5. The lowest BCUT2D eigenvalue weighted by atomic mass is 10.0. The fraction of sp³-hybridized carbons (Fsp3) is 0.0870. The number of nitrogens with one attached hydrogen (secondary N) is 1. The smallest absolute Gasteiger partial charge is 0.335 e. The van der Waals surface area contributed by atoms with Gasteiger partial charge in [-0.3, -0.25) is 9.67 Å². The number of rotatable bonds is 4. The van der Waals surface area contributed by atoms with Crippen molar-refractivity contribution < 1.29 is 18.7 Å². The molecule has 2 aromatic heterocycles. The Morgan fingerprint density at radius 1 is 1.09 bits per heavy atom. The molecule has 4 aromatic rings. The lowest BCUT2D eigenvalue weighted by molar-refractivity contribution is 0.0697. The molecule has 0 amide bonds. The average Bonchev–Trinajstić information content (AvgIpc) is 3.09. The number of aromatic carboxylic acids is 1. The maximum Gasteiger partial charge on any atom is 0.335 e. The lowest BCUT2D eigenvalue weighted by Crippen LogP contribution is -2.10. The van der Waals surface area contributed by atoms with Crippen molar-refractivity contribution in [2.75, 3.05) is 5.32 Å². The van der Waals surface area contributed by atoms with Crippen LogP contribution in [-0.2, 0) is 13.6 Å². The Morgan fingerprint density at radius 2 is 1.82 bits per heavy atom. The number of hydrogen-bond donors (Lipinski definition) is 2.